The van der Waals surface area contributed by atoms with Gasteiger partial charge in [0.25, 0.3) is 15.9 Å². The largest absolute Gasteiger partial charge is 0.486 e. The van der Waals surface area contributed by atoms with Gasteiger partial charge in [0.2, 0.25) is 5.60 Å². The van der Waals surface area contributed by atoms with Gasteiger partial charge in [-0.15, -0.1) is 5.10 Å². The van der Waals surface area contributed by atoms with Crippen LogP contribution in [0.4, 0.5) is 29.3 Å². The molecule has 12 nitrogen and oxygen atoms in total. The number of ether oxygens (including phenoxy) is 3. The second-order valence-electron chi connectivity index (χ2n) is 9.50. The molecule has 1 aromatic carbocycles. The van der Waals surface area contributed by atoms with E-state index in [2.05, 4.69) is 15.2 Å². The Morgan fingerprint density at radius 3 is 2.51 bits per heavy atom. The minimum atomic E-state index is -4.83. The first-order valence-corrected chi connectivity index (χ1v) is 13.0. The van der Waals surface area contributed by atoms with Gasteiger partial charge in [-0.3, -0.25) is 19.1 Å². The molecule has 1 aliphatic rings. The van der Waals surface area contributed by atoms with E-state index in [0.717, 1.165) is 4.31 Å². The fraction of sp³-hybridized carbons (Fsp3) is 0.522. The SMILES string of the molecule is COc1nn(C)c(C)c1S(=O)(=O)N1C[C@H](CC(C)C(=O)O)Oc2ccc(NC(=O)OC(C)(C)C(F)(F)F)cc21. The summed E-state index contributed by atoms with van der Waals surface area (Å²) >= 11 is 0. The molecule has 3 rings (SSSR count). The maximum absolute atomic E-state index is 13.9. The first-order valence-electron chi connectivity index (χ1n) is 11.6. The topological polar surface area (TPSA) is 149 Å². The molecule has 39 heavy (non-hydrogen) atoms. The first kappa shape index (κ1) is 29.9. The van der Waals surface area contributed by atoms with Crippen LogP contribution in [0.15, 0.2) is 23.1 Å². The molecular weight excluding hydrogens is 549 g/mol. The number of aryl methyl sites for hydroxylation is 1. The molecular formula is C23H29F3N4O8S. The Morgan fingerprint density at radius 2 is 1.95 bits per heavy atom. The van der Waals surface area contributed by atoms with Crippen molar-refractivity contribution in [2.45, 2.75) is 56.9 Å². The van der Waals surface area contributed by atoms with Crippen molar-refractivity contribution in [2.75, 3.05) is 23.3 Å². The van der Waals surface area contributed by atoms with Crippen molar-refractivity contribution in [3.63, 3.8) is 0 Å². The van der Waals surface area contributed by atoms with Crippen LogP contribution in [-0.4, -0.2) is 66.9 Å². The standard InChI is InChI=1S/C23H29F3N4O8S/c1-12(20(31)32)9-15-11-30(39(34,35)18-13(2)29(5)28-19(18)36-6)16-10-14(7-8-17(16)37-15)27-21(33)38-22(3,4)23(24,25)26/h7-8,10,12,15H,9,11H2,1-6H3,(H,27,33)(H,31,32)/t12?,15-/m0/s1. The molecule has 1 aromatic heterocycles. The van der Waals surface area contributed by atoms with E-state index in [-0.39, 0.29) is 46.6 Å². The summed E-state index contributed by atoms with van der Waals surface area (Å²) < 4.78 is 85.1. The van der Waals surface area contributed by atoms with Crippen molar-refractivity contribution in [3.05, 3.63) is 23.9 Å². The maximum atomic E-state index is 13.9. The van der Waals surface area contributed by atoms with E-state index in [0.29, 0.717) is 13.8 Å². The number of hydrogen-bond acceptors (Lipinski definition) is 8. The molecule has 2 aromatic rings. The summed E-state index contributed by atoms with van der Waals surface area (Å²) in [6.07, 6.45) is -7.14. The minimum absolute atomic E-state index is 0.0250. The lowest BCUT2D eigenvalue weighted by molar-refractivity contribution is -0.242. The fourth-order valence-corrected chi connectivity index (χ4v) is 5.60. The summed E-state index contributed by atoms with van der Waals surface area (Å²) in [5.41, 5.74) is -2.66. The highest BCUT2D eigenvalue weighted by Gasteiger charge is 2.51. The minimum Gasteiger partial charge on any atom is -0.486 e. The van der Waals surface area contributed by atoms with E-state index in [1.54, 1.807) is 0 Å². The summed E-state index contributed by atoms with van der Waals surface area (Å²) in [7, 11) is -1.63. The van der Waals surface area contributed by atoms with Crippen molar-refractivity contribution >= 4 is 33.5 Å². The molecule has 0 radical (unpaired) electrons. The molecule has 2 atom stereocenters. The predicted molar refractivity (Wildman–Crippen MR) is 132 cm³/mol. The molecule has 0 saturated heterocycles. The van der Waals surface area contributed by atoms with Crippen LogP contribution in [0.2, 0.25) is 0 Å². The fourth-order valence-electron chi connectivity index (χ4n) is 3.77. The number of benzene rings is 1. The van der Waals surface area contributed by atoms with Gasteiger partial charge >= 0.3 is 18.2 Å². The van der Waals surface area contributed by atoms with Gasteiger partial charge in [-0.2, -0.15) is 13.2 Å². The Morgan fingerprint density at radius 1 is 1.31 bits per heavy atom. The lowest BCUT2D eigenvalue weighted by atomic mass is 10.0. The number of nitrogens with one attached hydrogen (secondary N) is 1. The highest BCUT2D eigenvalue weighted by atomic mass is 32.2. The highest BCUT2D eigenvalue weighted by molar-refractivity contribution is 7.93. The zero-order chi connectivity index (χ0) is 29.5. The number of aliphatic carboxylic acids is 1. The van der Waals surface area contributed by atoms with Gasteiger partial charge in [0.05, 0.1) is 31.0 Å². The number of halogens is 3. The Kier molecular flexibility index (Phi) is 8.01. The quantitative estimate of drug-likeness (QED) is 0.478. The lowest BCUT2D eigenvalue weighted by Crippen LogP contribution is -2.45. The van der Waals surface area contributed by atoms with Crippen LogP contribution >= 0.6 is 0 Å². The Labute approximate surface area is 222 Å². The summed E-state index contributed by atoms with van der Waals surface area (Å²) in [6, 6.07) is 3.79. The monoisotopic (exact) mass is 578 g/mol. The summed E-state index contributed by atoms with van der Waals surface area (Å²) in [6.45, 7) is 4.03. The van der Waals surface area contributed by atoms with Gasteiger partial charge in [-0.25, -0.2) is 13.2 Å². The van der Waals surface area contributed by atoms with E-state index < -0.39 is 45.9 Å². The van der Waals surface area contributed by atoms with Crippen LogP contribution < -0.4 is 19.1 Å². The van der Waals surface area contributed by atoms with Gasteiger partial charge < -0.3 is 19.3 Å². The number of carbonyl (C=O) groups excluding carboxylic acids is 1. The second kappa shape index (κ2) is 10.5. The molecule has 0 bridgehead atoms. The number of carboxylic acid groups (broad SMARTS) is 1. The molecule has 0 fully saturated rings. The second-order valence-corrected chi connectivity index (χ2v) is 11.3. The third kappa shape index (κ3) is 5.99. The molecule has 1 aliphatic heterocycles. The van der Waals surface area contributed by atoms with Crippen LogP contribution in [0, 0.1) is 12.8 Å². The normalized spacial score (nSPS) is 16.6. The number of anilines is 2. The molecule has 0 spiro atoms. The van der Waals surface area contributed by atoms with Crippen molar-refractivity contribution in [1.82, 2.24) is 9.78 Å². The zero-order valence-corrected chi connectivity index (χ0v) is 22.8. The predicted octanol–water partition coefficient (Wildman–Crippen LogP) is 3.69. The number of amides is 1. The molecule has 0 aliphatic carbocycles. The third-order valence-electron chi connectivity index (χ3n) is 6.20. The van der Waals surface area contributed by atoms with E-state index in [4.69, 9.17) is 9.47 Å². The van der Waals surface area contributed by atoms with E-state index in [9.17, 15) is 36.3 Å². The number of aromatic nitrogens is 2. The molecule has 16 heteroatoms. The van der Waals surface area contributed by atoms with Crippen molar-refractivity contribution in [2.24, 2.45) is 13.0 Å². The number of sulfonamides is 1. The van der Waals surface area contributed by atoms with Crippen molar-refractivity contribution in [3.8, 4) is 11.6 Å². The van der Waals surface area contributed by atoms with Crippen molar-refractivity contribution in [1.29, 1.82) is 0 Å². The number of carbonyl (C=O) groups is 2. The Hall–Kier alpha value is -3.69. The number of rotatable bonds is 8. The van der Waals surface area contributed by atoms with Crippen LogP contribution in [0.3, 0.4) is 0 Å². The summed E-state index contributed by atoms with van der Waals surface area (Å²) in [4.78, 5) is 23.4. The molecule has 1 amide bonds. The van der Waals surface area contributed by atoms with Crippen LogP contribution in [0.25, 0.3) is 0 Å². The van der Waals surface area contributed by atoms with Gasteiger partial charge in [-0.05, 0) is 45.4 Å². The Bertz CT molecular complexity index is 1370. The number of fused-ring (bicyclic) bond motifs is 1. The van der Waals surface area contributed by atoms with Crippen LogP contribution in [-0.2, 0) is 26.6 Å². The third-order valence-corrected chi connectivity index (χ3v) is 8.11. The number of carboxylic acids is 1. The lowest BCUT2D eigenvalue weighted by Gasteiger charge is -2.36. The first-order chi connectivity index (χ1) is 17.9. The van der Waals surface area contributed by atoms with E-state index >= 15 is 0 Å². The molecule has 2 N–H and O–H groups in total. The average molecular weight is 579 g/mol. The number of methoxy groups -OCH3 is 1. The summed E-state index contributed by atoms with van der Waals surface area (Å²) in [5.74, 6) is -2.08. The summed E-state index contributed by atoms with van der Waals surface area (Å²) in [5, 5.41) is 15.6. The highest BCUT2D eigenvalue weighted by Crippen LogP contribution is 2.42. The van der Waals surface area contributed by atoms with E-state index in [1.807, 2.05) is 0 Å². The van der Waals surface area contributed by atoms with E-state index in [1.165, 1.54) is 50.9 Å². The van der Waals surface area contributed by atoms with Gasteiger partial charge in [0, 0.05) is 12.7 Å². The average Bonchev–Trinajstić information content (AvgIpc) is 3.11. The molecule has 0 saturated carbocycles. The number of alkyl halides is 3. The zero-order valence-electron chi connectivity index (χ0n) is 22.0. The number of hydrogen-bond donors (Lipinski definition) is 2. The van der Waals surface area contributed by atoms with Gasteiger partial charge in [-0.1, -0.05) is 6.92 Å². The molecule has 216 valence electrons. The van der Waals surface area contributed by atoms with Crippen molar-refractivity contribution < 1.29 is 50.5 Å². The van der Waals surface area contributed by atoms with Crippen LogP contribution in [0.5, 0.6) is 11.6 Å². The molecule has 2 heterocycles. The van der Waals surface area contributed by atoms with Gasteiger partial charge in [0.15, 0.2) is 4.90 Å². The Balaban J connectivity index is 2.04. The van der Waals surface area contributed by atoms with Gasteiger partial charge in [0.1, 0.15) is 11.9 Å². The number of nitrogens with zero attached hydrogens (tertiary/aromatic N) is 3. The maximum Gasteiger partial charge on any atom is 0.427 e. The molecule has 1 unspecified atom stereocenters. The van der Waals surface area contributed by atoms with Crippen LogP contribution in [0.1, 0.15) is 32.9 Å². The smallest absolute Gasteiger partial charge is 0.427 e.